The Bertz CT molecular complexity index is 2780. The van der Waals surface area contributed by atoms with Gasteiger partial charge in [0.15, 0.2) is 17.1 Å². The minimum Gasteiger partial charge on any atom is -0.465 e. The lowest BCUT2D eigenvalue weighted by Gasteiger charge is -2.10. The minimum absolute atomic E-state index is 0.0853. The molecule has 3 aromatic carbocycles. The molecule has 0 saturated heterocycles. The van der Waals surface area contributed by atoms with Crippen molar-refractivity contribution in [1.82, 2.24) is 9.97 Å². The van der Waals surface area contributed by atoms with E-state index in [1.807, 2.05) is 18.2 Å². The molecule has 5 aromatic heterocycles. The Balaban J connectivity index is 0.000000151. The van der Waals surface area contributed by atoms with Crippen LogP contribution in [0.5, 0.6) is 0 Å². The largest absolute Gasteiger partial charge is 0.526 e. The SMILES string of the molecule is CC(O)c1c(F)cncc1Br.[C-]#[N+]c1ccc2oc(-c3cncc(F)c3C(C)O)cc2c1.[C-]#[N+]c1ccc2oc(B(O)O)cc2c1.[C-]#[N+]c1ccc2occc2c1. The van der Waals surface area contributed by atoms with Crippen molar-refractivity contribution in [1.29, 1.82) is 0 Å². The molecule has 0 amide bonds. The summed E-state index contributed by atoms with van der Waals surface area (Å²) in [4.78, 5) is 17.3. The Kier molecular flexibility index (Phi) is 13.6. The maximum absolute atomic E-state index is 13.9. The van der Waals surface area contributed by atoms with Crippen LogP contribution in [0.4, 0.5) is 25.8 Å². The Morgan fingerprint density at radius 2 is 1.16 bits per heavy atom. The van der Waals surface area contributed by atoms with E-state index in [0.717, 1.165) is 28.7 Å². The van der Waals surface area contributed by atoms with Crippen molar-refractivity contribution < 1.29 is 42.3 Å². The first-order chi connectivity index (χ1) is 27.3. The molecule has 0 spiro atoms. The van der Waals surface area contributed by atoms with Gasteiger partial charge in [-0.25, -0.2) is 23.3 Å². The van der Waals surface area contributed by atoms with Crippen molar-refractivity contribution in [2.75, 3.05) is 0 Å². The van der Waals surface area contributed by atoms with Gasteiger partial charge in [-0.1, -0.05) is 18.2 Å². The lowest BCUT2D eigenvalue weighted by Crippen LogP contribution is -2.27. The van der Waals surface area contributed by atoms with Gasteiger partial charge >= 0.3 is 7.12 Å². The summed E-state index contributed by atoms with van der Waals surface area (Å²) in [5.74, 6) is -0.658. The fourth-order valence-corrected chi connectivity index (χ4v) is 6.03. The molecule has 12 nitrogen and oxygen atoms in total. The Hall–Kier alpha value is -6.71. The molecule has 2 atom stereocenters. The van der Waals surface area contributed by atoms with Crippen LogP contribution in [0.15, 0.2) is 122 Å². The van der Waals surface area contributed by atoms with Gasteiger partial charge in [0, 0.05) is 49.7 Å². The molecule has 0 fully saturated rings. The van der Waals surface area contributed by atoms with E-state index in [2.05, 4.69) is 40.4 Å². The first kappa shape index (κ1) is 41.5. The number of pyridine rings is 2. The summed E-state index contributed by atoms with van der Waals surface area (Å²) in [6.45, 7) is 23.6. The van der Waals surface area contributed by atoms with Crippen LogP contribution >= 0.6 is 15.9 Å². The zero-order chi connectivity index (χ0) is 41.2. The number of hydrogen-bond donors (Lipinski definition) is 4. The highest BCUT2D eigenvalue weighted by atomic mass is 79.9. The zero-order valence-electron chi connectivity index (χ0n) is 29.9. The molecule has 0 radical (unpaired) electrons. The average Bonchev–Trinajstić information content (AvgIpc) is 3.96. The Morgan fingerprint density at radius 1 is 0.649 bits per heavy atom. The van der Waals surface area contributed by atoms with Crippen molar-refractivity contribution in [3.05, 3.63) is 165 Å². The fourth-order valence-electron chi connectivity index (χ4n) is 5.39. The van der Waals surface area contributed by atoms with E-state index in [4.69, 9.17) is 48.1 Å². The van der Waals surface area contributed by atoms with E-state index in [1.54, 1.807) is 54.8 Å². The van der Waals surface area contributed by atoms with Crippen molar-refractivity contribution >= 4 is 78.7 Å². The van der Waals surface area contributed by atoms with E-state index in [1.165, 1.54) is 32.3 Å². The van der Waals surface area contributed by atoms with Crippen molar-refractivity contribution in [3.63, 3.8) is 0 Å². The van der Waals surface area contributed by atoms with Crippen molar-refractivity contribution in [2.45, 2.75) is 26.1 Å². The fraction of sp³-hybridized carbons (Fsp3) is 0.0976. The van der Waals surface area contributed by atoms with Gasteiger partial charge in [0.2, 0.25) is 0 Å². The first-order valence-corrected chi connectivity index (χ1v) is 17.4. The van der Waals surface area contributed by atoms with E-state index < -0.39 is 31.0 Å². The van der Waals surface area contributed by atoms with Crippen LogP contribution in [-0.4, -0.2) is 37.3 Å². The maximum atomic E-state index is 13.9. The number of halogens is 3. The van der Waals surface area contributed by atoms with Gasteiger partial charge in [-0.2, -0.15) is 0 Å². The van der Waals surface area contributed by atoms with Gasteiger partial charge in [-0.3, -0.25) is 9.97 Å². The molecule has 8 rings (SSSR count). The minimum atomic E-state index is -1.61. The second-order valence-corrected chi connectivity index (χ2v) is 12.9. The number of aliphatic hydroxyl groups is 2. The van der Waals surface area contributed by atoms with Crippen LogP contribution in [-0.2, 0) is 0 Å². The summed E-state index contributed by atoms with van der Waals surface area (Å²) < 4.78 is 43.1. The van der Waals surface area contributed by atoms with Crippen LogP contribution in [0.2, 0.25) is 0 Å². The number of benzene rings is 3. The summed E-state index contributed by atoms with van der Waals surface area (Å²) in [5, 5.41) is 39.0. The zero-order valence-corrected chi connectivity index (χ0v) is 31.5. The van der Waals surface area contributed by atoms with Gasteiger partial charge < -0.3 is 33.5 Å². The molecule has 16 heteroatoms. The lowest BCUT2D eigenvalue weighted by atomic mass is 9.88. The number of furan rings is 3. The molecule has 2 unspecified atom stereocenters. The molecular weight excluding hydrogens is 803 g/mol. The highest BCUT2D eigenvalue weighted by Gasteiger charge is 2.19. The molecule has 8 aromatic rings. The molecular formula is C41H29BBrF2N5O7. The van der Waals surface area contributed by atoms with Crippen LogP contribution < -0.4 is 5.66 Å². The second kappa shape index (κ2) is 18.8. The molecule has 0 aliphatic heterocycles. The smallest absolute Gasteiger partial charge is 0.465 e. The quantitative estimate of drug-likeness (QED) is 0.100. The molecule has 4 N–H and O–H groups in total. The third kappa shape index (κ3) is 10.1. The van der Waals surface area contributed by atoms with Crippen molar-refractivity contribution in [3.8, 4) is 11.3 Å². The molecule has 57 heavy (non-hydrogen) atoms. The highest BCUT2D eigenvalue weighted by molar-refractivity contribution is 9.10. The van der Waals surface area contributed by atoms with E-state index in [0.29, 0.717) is 49.4 Å². The number of hydrogen-bond acceptors (Lipinski definition) is 9. The number of rotatable bonds is 4. The molecule has 0 bridgehead atoms. The summed E-state index contributed by atoms with van der Waals surface area (Å²) in [5.41, 5.74) is 4.51. The van der Waals surface area contributed by atoms with Gasteiger partial charge in [0.05, 0.1) is 50.6 Å². The normalized spacial score (nSPS) is 11.4. The van der Waals surface area contributed by atoms with Gasteiger partial charge in [-0.05, 0) is 84.4 Å². The van der Waals surface area contributed by atoms with E-state index >= 15 is 0 Å². The number of aromatic nitrogens is 2. The first-order valence-electron chi connectivity index (χ1n) is 16.6. The van der Waals surface area contributed by atoms with Crippen LogP contribution in [0, 0.1) is 31.4 Å². The number of aliphatic hydroxyl groups excluding tert-OH is 2. The second-order valence-electron chi connectivity index (χ2n) is 12.0. The number of fused-ring (bicyclic) bond motifs is 3. The van der Waals surface area contributed by atoms with Gasteiger partial charge in [-0.15, -0.1) is 0 Å². The van der Waals surface area contributed by atoms with E-state index in [9.17, 15) is 13.9 Å². The highest BCUT2D eigenvalue weighted by Crippen LogP contribution is 2.35. The lowest BCUT2D eigenvalue weighted by molar-refractivity contribution is 0.193. The maximum Gasteiger partial charge on any atom is 0.526 e. The standard InChI is InChI=1S/C16H11FN2O2.C9H6BNO3.C9H5NO.C7H7BrFNO/c1-9(20)16-12(7-19-8-13(16)17)15-6-10-5-11(18-2)3-4-14(10)21-15;1-11-7-2-3-8-6(4-7)5-9(14-8)10(12)13;1-10-8-2-3-9-7(6-8)4-5-11-9;1-4(11)7-5(8)2-10-3-6(7)9/h3-9,20H,1H3;2-5,12-13H;2-6H;2-4,11H,1H3. The molecule has 5 heterocycles. The third-order valence-corrected chi connectivity index (χ3v) is 8.66. The van der Waals surface area contributed by atoms with Crippen molar-refractivity contribution in [2.24, 2.45) is 0 Å². The summed E-state index contributed by atoms with van der Waals surface area (Å²) in [6, 6.07) is 20.4. The average molecular weight is 832 g/mol. The number of nitrogens with zero attached hydrogens (tertiary/aromatic N) is 5. The summed E-state index contributed by atoms with van der Waals surface area (Å²) in [6.07, 6.45) is 4.88. The summed E-state index contributed by atoms with van der Waals surface area (Å²) in [7, 11) is -1.61. The van der Waals surface area contributed by atoms with Crippen LogP contribution in [0.25, 0.3) is 58.8 Å². The topological polar surface area (TPSA) is 159 Å². The molecule has 0 aliphatic carbocycles. The molecule has 0 aliphatic rings. The van der Waals surface area contributed by atoms with Crippen LogP contribution in [0.3, 0.4) is 0 Å². The molecule has 284 valence electrons. The predicted octanol–water partition coefficient (Wildman–Crippen LogP) is 9.92. The van der Waals surface area contributed by atoms with E-state index in [-0.39, 0.29) is 16.8 Å². The van der Waals surface area contributed by atoms with Gasteiger partial charge in [0.25, 0.3) is 0 Å². The van der Waals surface area contributed by atoms with Gasteiger partial charge in [0.1, 0.15) is 39.8 Å². The monoisotopic (exact) mass is 831 g/mol. The summed E-state index contributed by atoms with van der Waals surface area (Å²) >= 11 is 3.09. The molecule has 0 saturated carbocycles. The Morgan fingerprint density at radius 3 is 1.68 bits per heavy atom. The van der Waals surface area contributed by atoms with Crippen LogP contribution in [0.1, 0.15) is 37.2 Å². The Labute approximate surface area is 332 Å². The predicted molar refractivity (Wildman–Crippen MR) is 214 cm³/mol. The third-order valence-electron chi connectivity index (χ3n) is 8.03.